The van der Waals surface area contributed by atoms with Gasteiger partial charge in [-0.05, 0) is 47.7 Å². The first kappa shape index (κ1) is 22.5. The molecule has 2 amide bonds. The van der Waals surface area contributed by atoms with Crippen LogP contribution in [0.15, 0.2) is 42.5 Å². The molecule has 0 saturated carbocycles. The van der Waals surface area contributed by atoms with Crippen molar-refractivity contribution < 1.29 is 14.7 Å². The van der Waals surface area contributed by atoms with E-state index in [1.54, 1.807) is 17.0 Å². The largest absolute Gasteiger partial charge is 0.390 e. The molecule has 2 N–H and O–H groups in total. The third kappa shape index (κ3) is 5.03. The van der Waals surface area contributed by atoms with E-state index < -0.39 is 11.5 Å². The van der Waals surface area contributed by atoms with Gasteiger partial charge in [-0.15, -0.1) is 0 Å². The fourth-order valence-corrected chi connectivity index (χ4v) is 4.43. The molecular weight excluding hydrogens is 402 g/mol. The summed E-state index contributed by atoms with van der Waals surface area (Å²) in [7, 11) is 0. The van der Waals surface area contributed by atoms with Crippen LogP contribution in [-0.4, -0.2) is 59.0 Å². The monoisotopic (exact) mass is 435 g/mol. The predicted octanol–water partition coefficient (Wildman–Crippen LogP) is 3.09. The Morgan fingerprint density at radius 2 is 1.75 bits per heavy atom. The first-order valence-corrected chi connectivity index (χ1v) is 11.4. The van der Waals surface area contributed by atoms with Gasteiger partial charge in [-0.25, -0.2) is 0 Å². The smallest absolute Gasteiger partial charge is 0.254 e. The Hall–Kier alpha value is -2.70. The Labute approximate surface area is 190 Å². The van der Waals surface area contributed by atoms with E-state index in [-0.39, 0.29) is 11.8 Å². The fourth-order valence-electron chi connectivity index (χ4n) is 4.43. The number of β-amino-alcohol motifs (C(OH)–C–C–N with tert-alkyl or cyclic N) is 1. The van der Waals surface area contributed by atoms with Gasteiger partial charge in [0.05, 0.1) is 6.10 Å². The van der Waals surface area contributed by atoms with Gasteiger partial charge in [-0.1, -0.05) is 45.0 Å². The molecule has 170 valence electrons. The van der Waals surface area contributed by atoms with Gasteiger partial charge < -0.3 is 15.3 Å². The van der Waals surface area contributed by atoms with Crippen LogP contribution in [-0.2, 0) is 24.2 Å². The lowest BCUT2D eigenvalue weighted by molar-refractivity contribution is -0.123. The van der Waals surface area contributed by atoms with Gasteiger partial charge in [-0.3, -0.25) is 14.5 Å². The van der Waals surface area contributed by atoms with Crippen molar-refractivity contribution in [1.82, 2.24) is 9.80 Å². The SMILES string of the molecule is CC(C)(C)C(=O)Nc1ccc2c(c1)CCN(CC(O)CN1CCc3ccccc3C1)C2=O. The number of hydrogen-bond acceptors (Lipinski definition) is 4. The zero-order valence-electron chi connectivity index (χ0n) is 19.2. The van der Waals surface area contributed by atoms with E-state index in [0.717, 1.165) is 30.8 Å². The standard InChI is InChI=1S/C26H33N3O3/c1-26(2,3)25(32)27-21-8-9-23-19(14-21)11-13-29(24(23)31)17-22(30)16-28-12-10-18-6-4-5-7-20(18)15-28/h4-9,14,22,30H,10-13,15-17H2,1-3H3,(H,27,32). The normalized spacial score (nSPS) is 17.5. The maximum atomic E-state index is 13.0. The number of aliphatic hydroxyl groups excluding tert-OH is 1. The maximum Gasteiger partial charge on any atom is 0.254 e. The van der Waals surface area contributed by atoms with E-state index in [2.05, 4.69) is 34.5 Å². The van der Waals surface area contributed by atoms with Gasteiger partial charge in [0.2, 0.25) is 5.91 Å². The minimum absolute atomic E-state index is 0.0512. The van der Waals surface area contributed by atoms with Crippen LogP contribution < -0.4 is 5.32 Å². The van der Waals surface area contributed by atoms with Crippen LogP contribution in [0.3, 0.4) is 0 Å². The van der Waals surface area contributed by atoms with Gasteiger partial charge >= 0.3 is 0 Å². The highest BCUT2D eigenvalue weighted by Gasteiger charge is 2.28. The highest BCUT2D eigenvalue weighted by molar-refractivity contribution is 5.99. The number of amides is 2. The molecule has 0 aliphatic carbocycles. The fraction of sp³-hybridized carbons (Fsp3) is 0.462. The average molecular weight is 436 g/mol. The number of benzene rings is 2. The topological polar surface area (TPSA) is 72.9 Å². The highest BCUT2D eigenvalue weighted by atomic mass is 16.3. The molecule has 6 heteroatoms. The Kier molecular flexibility index (Phi) is 6.35. The number of nitrogens with zero attached hydrogens (tertiary/aromatic N) is 2. The summed E-state index contributed by atoms with van der Waals surface area (Å²) in [6, 6.07) is 13.9. The third-order valence-corrected chi connectivity index (χ3v) is 6.32. The number of carbonyl (C=O) groups excluding carboxylic acids is 2. The summed E-state index contributed by atoms with van der Waals surface area (Å²) in [5.41, 5.74) is 4.55. The summed E-state index contributed by atoms with van der Waals surface area (Å²) in [4.78, 5) is 29.3. The molecule has 2 aromatic rings. The number of nitrogens with one attached hydrogen (secondary N) is 1. The van der Waals surface area contributed by atoms with Gasteiger partial charge in [0.1, 0.15) is 0 Å². The number of fused-ring (bicyclic) bond motifs is 2. The summed E-state index contributed by atoms with van der Waals surface area (Å²) in [6.07, 6.45) is 1.12. The molecule has 2 aromatic carbocycles. The van der Waals surface area contributed by atoms with Gasteiger partial charge in [-0.2, -0.15) is 0 Å². The maximum absolute atomic E-state index is 13.0. The molecule has 4 rings (SSSR count). The van der Waals surface area contributed by atoms with Crippen molar-refractivity contribution in [2.45, 2.75) is 46.3 Å². The van der Waals surface area contributed by atoms with Crippen molar-refractivity contribution in [2.75, 3.05) is 31.5 Å². The molecule has 6 nitrogen and oxygen atoms in total. The number of anilines is 1. The van der Waals surface area contributed by atoms with E-state index in [1.807, 2.05) is 26.8 Å². The van der Waals surface area contributed by atoms with Crippen molar-refractivity contribution in [2.24, 2.45) is 5.41 Å². The van der Waals surface area contributed by atoms with Gasteiger partial charge in [0.15, 0.2) is 0 Å². The van der Waals surface area contributed by atoms with E-state index in [9.17, 15) is 14.7 Å². The molecular formula is C26H33N3O3. The molecule has 0 aromatic heterocycles. The lowest BCUT2D eigenvalue weighted by Gasteiger charge is -2.34. The van der Waals surface area contributed by atoms with Crippen molar-refractivity contribution in [3.05, 3.63) is 64.7 Å². The first-order chi connectivity index (χ1) is 15.2. The molecule has 1 atom stereocenters. The molecule has 0 spiro atoms. The van der Waals surface area contributed by atoms with Crippen LogP contribution >= 0.6 is 0 Å². The number of hydrogen-bond donors (Lipinski definition) is 2. The van der Waals surface area contributed by atoms with Gasteiger partial charge in [0.25, 0.3) is 5.91 Å². The second-order valence-electron chi connectivity index (χ2n) is 9.98. The summed E-state index contributed by atoms with van der Waals surface area (Å²) < 4.78 is 0. The Morgan fingerprint density at radius 1 is 1.03 bits per heavy atom. The Bertz CT molecular complexity index is 1010. The first-order valence-electron chi connectivity index (χ1n) is 11.4. The second kappa shape index (κ2) is 9.04. The number of aliphatic hydroxyl groups is 1. The highest BCUT2D eigenvalue weighted by Crippen LogP contribution is 2.25. The van der Waals surface area contributed by atoms with E-state index in [0.29, 0.717) is 31.6 Å². The summed E-state index contributed by atoms with van der Waals surface area (Å²) in [6.45, 7) is 8.84. The van der Waals surface area contributed by atoms with Crippen LogP contribution in [0.25, 0.3) is 0 Å². The molecule has 0 radical (unpaired) electrons. The van der Waals surface area contributed by atoms with Crippen LogP contribution in [0.1, 0.15) is 47.8 Å². The summed E-state index contributed by atoms with van der Waals surface area (Å²) >= 11 is 0. The molecule has 0 saturated heterocycles. The zero-order valence-corrected chi connectivity index (χ0v) is 19.2. The quantitative estimate of drug-likeness (QED) is 0.757. The van der Waals surface area contributed by atoms with Crippen LogP contribution in [0.5, 0.6) is 0 Å². The lowest BCUT2D eigenvalue weighted by Crippen LogP contribution is -2.46. The Balaban J connectivity index is 1.35. The van der Waals surface area contributed by atoms with Crippen LogP contribution in [0.4, 0.5) is 5.69 Å². The Morgan fingerprint density at radius 3 is 2.50 bits per heavy atom. The van der Waals surface area contributed by atoms with Gasteiger partial charge in [0, 0.05) is 49.4 Å². The molecule has 32 heavy (non-hydrogen) atoms. The minimum Gasteiger partial charge on any atom is -0.390 e. The third-order valence-electron chi connectivity index (χ3n) is 6.32. The average Bonchev–Trinajstić information content (AvgIpc) is 2.75. The summed E-state index contributed by atoms with van der Waals surface area (Å²) in [5, 5.41) is 13.6. The van der Waals surface area contributed by atoms with Crippen molar-refractivity contribution >= 4 is 17.5 Å². The lowest BCUT2D eigenvalue weighted by atomic mass is 9.94. The molecule has 0 fully saturated rings. The second-order valence-corrected chi connectivity index (χ2v) is 9.98. The van der Waals surface area contributed by atoms with E-state index in [1.165, 1.54) is 11.1 Å². The van der Waals surface area contributed by atoms with Crippen molar-refractivity contribution in [3.63, 3.8) is 0 Å². The number of carbonyl (C=O) groups is 2. The molecule has 2 aliphatic heterocycles. The zero-order chi connectivity index (χ0) is 22.9. The minimum atomic E-state index is -0.587. The van der Waals surface area contributed by atoms with Crippen molar-refractivity contribution in [3.8, 4) is 0 Å². The molecule has 1 unspecified atom stereocenters. The molecule has 0 bridgehead atoms. The van der Waals surface area contributed by atoms with Crippen LogP contribution in [0.2, 0.25) is 0 Å². The van der Waals surface area contributed by atoms with Crippen LogP contribution in [0, 0.1) is 5.41 Å². The molecule has 2 heterocycles. The summed E-state index contributed by atoms with van der Waals surface area (Å²) in [5.74, 6) is -0.104. The number of rotatable bonds is 5. The molecule has 2 aliphatic rings. The van der Waals surface area contributed by atoms with Crippen molar-refractivity contribution in [1.29, 1.82) is 0 Å². The predicted molar refractivity (Wildman–Crippen MR) is 126 cm³/mol. The van der Waals surface area contributed by atoms with E-state index >= 15 is 0 Å². The van der Waals surface area contributed by atoms with E-state index in [4.69, 9.17) is 0 Å².